The first-order valence-electron chi connectivity index (χ1n) is 5.80. The Kier molecular flexibility index (Phi) is 3.85. The van der Waals surface area contributed by atoms with E-state index in [4.69, 9.17) is 16.7 Å². The quantitative estimate of drug-likeness (QED) is 0.854. The first-order chi connectivity index (χ1) is 9.02. The number of halogens is 1. The number of aliphatic carboxylic acids is 1. The Labute approximate surface area is 114 Å². The standard InChI is InChI=1S/C13H12ClNO4/c14-11(8-4-2-1-3-5-8)12(17)15-9(13(18)19)6-7-10(15)16/h1-5,9,11H,6-7H2,(H,18,19)/t9-,11-/m1/s1. The molecule has 0 radical (unpaired) electrons. The number of carbonyl (C=O) groups is 3. The van der Waals surface area contributed by atoms with Crippen LogP contribution in [0.25, 0.3) is 0 Å². The normalized spacial score (nSPS) is 20.4. The molecule has 1 saturated heterocycles. The highest BCUT2D eigenvalue weighted by Crippen LogP contribution is 2.28. The van der Waals surface area contributed by atoms with E-state index in [-0.39, 0.29) is 12.8 Å². The third-order valence-electron chi connectivity index (χ3n) is 3.04. The molecular weight excluding hydrogens is 270 g/mol. The second kappa shape index (κ2) is 5.40. The smallest absolute Gasteiger partial charge is 0.326 e. The van der Waals surface area contributed by atoms with Crippen molar-refractivity contribution in [2.75, 3.05) is 0 Å². The van der Waals surface area contributed by atoms with Crippen molar-refractivity contribution in [1.82, 2.24) is 4.90 Å². The average Bonchev–Trinajstić information content (AvgIpc) is 2.80. The van der Waals surface area contributed by atoms with Gasteiger partial charge in [0.05, 0.1) is 0 Å². The largest absolute Gasteiger partial charge is 0.480 e. The number of hydrogen-bond acceptors (Lipinski definition) is 3. The monoisotopic (exact) mass is 281 g/mol. The fraction of sp³-hybridized carbons (Fsp3) is 0.308. The molecular formula is C13H12ClNO4. The van der Waals surface area contributed by atoms with Gasteiger partial charge in [-0.25, -0.2) is 4.79 Å². The molecule has 2 atom stereocenters. The predicted octanol–water partition coefficient (Wildman–Crippen LogP) is 1.57. The van der Waals surface area contributed by atoms with E-state index in [2.05, 4.69) is 0 Å². The molecule has 1 fully saturated rings. The molecule has 6 heteroatoms. The van der Waals surface area contributed by atoms with Gasteiger partial charge >= 0.3 is 5.97 Å². The van der Waals surface area contributed by atoms with Crippen LogP contribution in [-0.2, 0) is 14.4 Å². The maximum absolute atomic E-state index is 12.2. The van der Waals surface area contributed by atoms with Crippen LogP contribution in [0, 0.1) is 0 Å². The summed E-state index contributed by atoms with van der Waals surface area (Å²) in [5.41, 5.74) is 0.540. The fourth-order valence-corrected chi connectivity index (χ4v) is 2.33. The van der Waals surface area contributed by atoms with E-state index in [1.54, 1.807) is 30.3 Å². The van der Waals surface area contributed by atoms with Gasteiger partial charge in [-0.15, -0.1) is 11.6 Å². The Morgan fingerprint density at radius 3 is 2.53 bits per heavy atom. The van der Waals surface area contributed by atoms with Crippen molar-refractivity contribution < 1.29 is 19.5 Å². The van der Waals surface area contributed by atoms with Crippen LogP contribution >= 0.6 is 11.6 Å². The number of hydrogen-bond donors (Lipinski definition) is 1. The van der Waals surface area contributed by atoms with E-state index in [1.807, 2.05) is 0 Å². The summed E-state index contributed by atoms with van der Waals surface area (Å²) in [6.07, 6.45) is 0.194. The molecule has 100 valence electrons. The van der Waals surface area contributed by atoms with Gasteiger partial charge in [-0.1, -0.05) is 30.3 Å². The highest BCUT2D eigenvalue weighted by atomic mass is 35.5. The van der Waals surface area contributed by atoms with Gasteiger partial charge in [0.2, 0.25) is 5.91 Å². The van der Waals surface area contributed by atoms with E-state index in [0.717, 1.165) is 4.90 Å². The number of amides is 2. The first kappa shape index (κ1) is 13.5. The number of carboxylic acid groups (broad SMARTS) is 1. The topological polar surface area (TPSA) is 74.7 Å². The van der Waals surface area contributed by atoms with Crippen molar-refractivity contribution in [3.8, 4) is 0 Å². The molecule has 0 aliphatic carbocycles. The summed E-state index contributed by atoms with van der Waals surface area (Å²) < 4.78 is 0. The fourth-order valence-electron chi connectivity index (χ4n) is 2.08. The molecule has 1 aromatic rings. The number of rotatable bonds is 3. The third kappa shape index (κ3) is 2.61. The van der Waals surface area contributed by atoms with Gasteiger partial charge < -0.3 is 5.11 Å². The Balaban J connectivity index is 2.23. The third-order valence-corrected chi connectivity index (χ3v) is 3.48. The molecule has 5 nitrogen and oxygen atoms in total. The maximum atomic E-state index is 12.2. The van der Waals surface area contributed by atoms with Crippen LogP contribution in [-0.4, -0.2) is 33.8 Å². The Hall–Kier alpha value is -1.88. The molecule has 0 saturated carbocycles. The van der Waals surface area contributed by atoms with E-state index in [1.165, 1.54) is 0 Å². The van der Waals surface area contributed by atoms with Crippen LogP contribution in [0.3, 0.4) is 0 Å². The van der Waals surface area contributed by atoms with Crippen LogP contribution in [0.2, 0.25) is 0 Å². The lowest BCUT2D eigenvalue weighted by atomic mass is 10.1. The molecule has 1 aromatic carbocycles. The second-order valence-corrected chi connectivity index (χ2v) is 4.70. The number of imide groups is 1. The summed E-state index contributed by atoms with van der Waals surface area (Å²) in [6.45, 7) is 0. The summed E-state index contributed by atoms with van der Waals surface area (Å²) >= 11 is 6.04. The molecule has 19 heavy (non-hydrogen) atoms. The van der Waals surface area contributed by atoms with E-state index < -0.39 is 29.2 Å². The van der Waals surface area contributed by atoms with Crippen molar-refractivity contribution in [2.45, 2.75) is 24.3 Å². The van der Waals surface area contributed by atoms with Crippen LogP contribution < -0.4 is 0 Å². The number of nitrogens with zero attached hydrogens (tertiary/aromatic N) is 1. The summed E-state index contributed by atoms with van der Waals surface area (Å²) in [5.74, 6) is -2.35. The Bertz CT molecular complexity index is 517. The Morgan fingerprint density at radius 1 is 1.32 bits per heavy atom. The van der Waals surface area contributed by atoms with Crippen LogP contribution in [0.5, 0.6) is 0 Å². The summed E-state index contributed by atoms with van der Waals surface area (Å²) in [6, 6.07) is 7.43. The lowest BCUT2D eigenvalue weighted by Crippen LogP contribution is -2.44. The number of carbonyl (C=O) groups excluding carboxylic acids is 2. The lowest BCUT2D eigenvalue weighted by Gasteiger charge is -2.22. The van der Waals surface area contributed by atoms with Crippen molar-refractivity contribution >= 4 is 29.4 Å². The van der Waals surface area contributed by atoms with Crippen molar-refractivity contribution in [1.29, 1.82) is 0 Å². The average molecular weight is 282 g/mol. The second-order valence-electron chi connectivity index (χ2n) is 4.27. The number of likely N-dealkylation sites (tertiary alicyclic amines) is 1. The van der Waals surface area contributed by atoms with Gasteiger partial charge in [-0.05, 0) is 12.0 Å². The number of alkyl halides is 1. The minimum absolute atomic E-state index is 0.0567. The minimum Gasteiger partial charge on any atom is -0.480 e. The molecule has 0 aromatic heterocycles. The van der Waals surface area contributed by atoms with Gasteiger partial charge in [-0.3, -0.25) is 14.5 Å². The molecule has 0 spiro atoms. The van der Waals surface area contributed by atoms with Crippen molar-refractivity contribution in [3.05, 3.63) is 35.9 Å². The molecule has 2 rings (SSSR count). The van der Waals surface area contributed by atoms with Gasteiger partial charge in [0.1, 0.15) is 11.4 Å². The molecule has 1 aliphatic heterocycles. The van der Waals surface area contributed by atoms with Gasteiger partial charge in [0.25, 0.3) is 5.91 Å². The zero-order chi connectivity index (χ0) is 14.0. The SMILES string of the molecule is O=C(O)[C@H]1CCC(=O)N1C(=O)[C@H](Cl)c1ccccc1. The Morgan fingerprint density at radius 2 is 1.95 bits per heavy atom. The van der Waals surface area contributed by atoms with Crippen LogP contribution in [0.1, 0.15) is 23.8 Å². The molecule has 0 bridgehead atoms. The number of benzene rings is 1. The highest BCUT2D eigenvalue weighted by molar-refractivity contribution is 6.32. The zero-order valence-electron chi connectivity index (χ0n) is 9.95. The first-order valence-corrected chi connectivity index (χ1v) is 6.23. The van der Waals surface area contributed by atoms with Gasteiger partial charge in [0.15, 0.2) is 0 Å². The molecule has 2 amide bonds. The van der Waals surface area contributed by atoms with Crippen LogP contribution in [0.15, 0.2) is 30.3 Å². The van der Waals surface area contributed by atoms with E-state index in [9.17, 15) is 14.4 Å². The number of carboxylic acids is 1. The maximum Gasteiger partial charge on any atom is 0.326 e. The highest BCUT2D eigenvalue weighted by Gasteiger charge is 2.42. The minimum atomic E-state index is -1.18. The van der Waals surface area contributed by atoms with Crippen molar-refractivity contribution in [3.63, 3.8) is 0 Å². The predicted molar refractivity (Wildman–Crippen MR) is 67.5 cm³/mol. The molecule has 0 unspecified atom stereocenters. The zero-order valence-corrected chi connectivity index (χ0v) is 10.7. The van der Waals surface area contributed by atoms with E-state index in [0.29, 0.717) is 5.56 Å². The summed E-state index contributed by atoms with van der Waals surface area (Å²) in [7, 11) is 0. The van der Waals surface area contributed by atoms with Crippen LogP contribution in [0.4, 0.5) is 0 Å². The van der Waals surface area contributed by atoms with E-state index >= 15 is 0 Å². The van der Waals surface area contributed by atoms with Crippen molar-refractivity contribution in [2.24, 2.45) is 0 Å². The molecule has 1 N–H and O–H groups in total. The summed E-state index contributed by atoms with van der Waals surface area (Å²) in [5, 5.41) is 7.96. The lowest BCUT2D eigenvalue weighted by molar-refractivity contribution is -0.153. The van der Waals surface area contributed by atoms with Gasteiger partial charge in [0, 0.05) is 6.42 Å². The van der Waals surface area contributed by atoms with Gasteiger partial charge in [-0.2, -0.15) is 0 Å². The molecule has 1 heterocycles. The molecule has 1 aliphatic rings. The summed E-state index contributed by atoms with van der Waals surface area (Å²) in [4.78, 5) is 35.6.